The van der Waals surface area contributed by atoms with Crippen LogP contribution in [-0.4, -0.2) is 25.2 Å². The molecule has 4 heteroatoms. The van der Waals surface area contributed by atoms with Crippen molar-refractivity contribution in [1.29, 1.82) is 0 Å². The van der Waals surface area contributed by atoms with Crippen molar-refractivity contribution in [1.82, 2.24) is 5.32 Å². The predicted molar refractivity (Wildman–Crippen MR) is 76.9 cm³/mol. The molecule has 3 nitrogen and oxygen atoms in total. The molecular formula is C14H20BrNO2. The molecule has 1 aliphatic rings. The van der Waals surface area contributed by atoms with E-state index in [1.54, 1.807) is 0 Å². The van der Waals surface area contributed by atoms with Gasteiger partial charge >= 0.3 is 0 Å². The first-order chi connectivity index (χ1) is 8.63. The maximum atomic E-state index is 5.73. The molecule has 1 heterocycles. The number of ether oxygens (including phenoxy) is 2. The maximum absolute atomic E-state index is 5.73. The third-order valence-corrected chi connectivity index (χ3v) is 3.59. The lowest BCUT2D eigenvalue weighted by molar-refractivity contribution is 0.296. The summed E-state index contributed by atoms with van der Waals surface area (Å²) in [6.07, 6.45) is 0.943. The number of alkyl halides is 1. The number of nitrogens with one attached hydrogen (secondary N) is 1. The summed E-state index contributed by atoms with van der Waals surface area (Å²) < 4.78 is 11.4. The maximum Gasteiger partial charge on any atom is 0.161 e. The number of hydrogen-bond donors (Lipinski definition) is 1. The van der Waals surface area contributed by atoms with Crippen LogP contribution in [-0.2, 0) is 5.41 Å². The molecule has 0 bridgehead atoms. The Morgan fingerprint density at radius 3 is 2.67 bits per heavy atom. The lowest BCUT2D eigenvalue weighted by Gasteiger charge is -2.26. The van der Waals surface area contributed by atoms with Crippen LogP contribution in [0.5, 0.6) is 11.5 Å². The number of halogens is 1. The van der Waals surface area contributed by atoms with Crippen molar-refractivity contribution in [2.24, 2.45) is 0 Å². The van der Waals surface area contributed by atoms with Crippen molar-refractivity contribution >= 4 is 15.9 Å². The molecule has 100 valence electrons. The summed E-state index contributed by atoms with van der Waals surface area (Å²) in [6.45, 7) is 6.83. The molecule has 0 unspecified atom stereocenters. The minimum atomic E-state index is 0.0679. The lowest BCUT2D eigenvalue weighted by Crippen LogP contribution is -2.32. The summed E-state index contributed by atoms with van der Waals surface area (Å²) >= 11 is 3.39. The summed E-state index contributed by atoms with van der Waals surface area (Å²) in [5.74, 6) is 1.73. The van der Waals surface area contributed by atoms with E-state index in [9.17, 15) is 0 Å². The largest absolute Gasteiger partial charge is 0.490 e. The normalized spacial score (nSPS) is 15.3. The lowest BCUT2D eigenvalue weighted by atomic mass is 9.84. The Morgan fingerprint density at radius 2 is 1.94 bits per heavy atom. The number of hydrogen-bond acceptors (Lipinski definition) is 3. The molecular weight excluding hydrogens is 294 g/mol. The van der Waals surface area contributed by atoms with Crippen molar-refractivity contribution in [3.63, 3.8) is 0 Å². The second kappa shape index (κ2) is 5.93. The van der Waals surface area contributed by atoms with Gasteiger partial charge in [-0.2, -0.15) is 0 Å². The van der Waals surface area contributed by atoms with Crippen LogP contribution in [0.25, 0.3) is 0 Å². The highest BCUT2D eigenvalue weighted by Crippen LogP contribution is 2.34. The van der Waals surface area contributed by atoms with E-state index < -0.39 is 0 Å². The SMILES string of the molecule is CC(C)(CNCBr)c1ccc2c(c1)OCCCO2. The molecule has 18 heavy (non-hydrogen) atoms. The second-order valence-electron chi connectivity index (χ2n) is 5.16. The Morgan fingerprint density at radius 1 is 1.22 bits per heavy atom. The molecule has 1 aromatic carbocycles. The van der Waals surface area contributed by atoms with E-state index in [0.29, 0.717) is 0 Å². The van der Waals surface area contributed by atoms with Gasteiger partial charge in [-0.1, -0.05) is 35.8 Å². The van der Waals surface area contributed by atoms with Crippen LogP contribution < -0.4 is 14.8 Å². The van der Waals surface area contributed by atoms with Gasteiger partial charge in [0.1, 0.15) is 0 Å². The Hall–Kier alpha value is -0.740. The van der Waals surface area contributed by atoms with E-state index in [1.807, 2.05) is 6.07 Å². The molecule has 2 rings (SSSR count). The van der Waals surface area contributed by atoms with Crippen LogP contribution in [0, 0.1) is 0 Å². The highest BCUT2D eigenvalue weighted by Gasteiger charge is 2.22. The van der Waals surface area contributed by atoms with Crippen molar-refractivity contribution < 1.29 is 9.47 Å². The summed E-state index contributed by atoms with van der Waals surface area (Å²) in [4.78, 5) is 0. The van der Waals surface area contributed by atoms with Gasteiger partial charge in [-0.25, -0.2) is 0 Å². The zero-order chi connectivity index (χ0) is 13.0. The molecule has 1 aromatic rings. The van der Waals surface area contributed by atoms with Crippen molar-refractivity contribution in [3.8, 4) is 11.5 Å². The summed E-state index contributed by atoms with van der Waals surface area (Å²) in [5.41, 5.74) is 2.14. The molecule has 0 aromatic heterocycles. The molecule has 0 saturated carbocycles. The average Bonchev–Trinajstić information content (AvgIpc) is 2.60. The fraction of sp³-hybridized carbons (Fsp3) is 0.571. The minimum Gasteiger partial charge on any atom is -0.490 e. The van der Waals surface area contributed by atoms with E-state index in [4.69, 9.17) is 9.47 Å². The summed E-state index contributed by atoms with van der Waals surface area (Å²) in [7, 11) is 0. The minimum absolute atomic E-state index is 0.0679. The molecule has 1 N–H and O–H groups in total. The van der Waals surface area contributed by atoms with Crippen LogP contribution in [0.1, 0.15) is 25.8 Å². The smallest absolute Gasteiger partial charge is 0.161 e. The van der Waals surface area contributed by atoms with Crippen molar-refractivity contribution in [3.05, 3.63) is 23.8 Å². The highest BCUT2D eigenvalue weighted by molar-refractivity contribution is 9.09. The van der Waals surface area contributed by atoms with Crippen LogP contribution in [0.4, 0.5) is 0 Å². The van der Waals surface area contributed by atoms with Crippen LogP contribution in [0.15, 0.2) is 18.2 Å². The van der Waals surface area contributed by atoms with E-state index >= 15 is 0 Å². The van der Waals surface area contributed by atoms with Gasteiger partial charge in [0.05, 0.1) is 18.7 Å². The Kier molecular flexibility index (Phi) is 4.51. The van der Waals surface area contributed by atoms with Crippen LogP contribution in [0.3, 0.4) is 0 Å². The van der Waals surface area contributed by atoms with Gasteiger partial charge in [-0.15, -0.1) is 0 Å². The average molecular weight is 314 g/mol. The Balaban J connectivity index is 2.21. The molecule has 0 fully saturated rings. The molecule has 0 amide bonds. The molecule has 0 atom stereocenters. The third kappa shape index (κ3) is 3.18. The van der Waals surface area contributed by atoms with Gasteiger partial charge in [0.2, 0.25) is 0 Å². The topological polar surface area (TPSA) is 30.5 Å². The van der Waals surface area contributed by atoms with E-state index in [2.05, 4.69) is 47.2 Å². The first-order valence-electron chi connectivity index (χ1n) is 6.30. The van der Waals surface area contributed by atoms with Gasteiger partial charge in [0.25, 0.3) is 0 Å². The molecule has 0 spiro atoms. The first kappa shape index (κ1) is 13.7. The summed E-state index contributed by atoms with van der Waals surface area (Å²) in [6, 6.07) is 6.26. The van der Waals surface area contributed by atoms with Gasteiger partial charge < -0.3 is 14.8 Å². The zero-order valence-corrected chi connectivity index (χ0v) is 12.5. The monoisotopic (exact) mass is 313 g/mol. The highest BCUT2D eigenvalue weighted by atomic mass is 79.9. The molecule has 1 aliphatic heterocycles. The van der Waals surface area contributed by atoms with Gasteiger partial charge in [-0.05, 0) is 17.7 Å². The number of benzene rings is 1. The quantitative estimate of drug-likeness (QED) is 0.684. The Labute approximate surface area is 117 Å². The van der Waals surface area contributed by atoms with Crippen LogP contribution in [0.2, 0.25) is 0 Å². The van der Waals surface area contributed by atoms with Gasteiger partial charge in [0, 0.05) is 18.4 Å². The van der Waals surface area contributed by atoms with Crippen molar-refractivity contribution in [2.45, 2.75) is 25.7 Å². The standard InChI is InChI=1S/C14H20BrNO2/c1-14(2,9-16-10-15)11-4-5-12-13(8-11)18-7-3-6-17-12/h4-5,8,16H,3,6-7,9-10H2,1-2H3. The van der Waals surface area contributed by atoms with Gasteiger partial charge in [0.15, 0.2) is 11.5 Å². The first-order valence-corrected chi connectivity index (χ1v) is 7.42. The van der Waals surface area contributed by atoms with Gasteiger partial charge in [-0.3, -0.25) is 0 Å². The van der Waals surface area contributed by atoms with Crippen molar-refractivity contribution in [2.75, 3.05) is 25.2 Å². The third-order valence-electron chi connectivity index (χ3n) is 3.19. The second-order valence-corrected chi connectivity index (χ2v) is 5.72. The zero-order valence-electron chi connectivity index (χ0n) is 11.0. The fourth-order valence-electron chi connectivity index (χ4n) is 2.05. The molecule has 0 saturated heterocycles. The predicted octanol–water partition coefficient (Wildman–Crippen LogP) is 3.07. The Bertz CT molecular complexity index is 407. The number of fused-ring (bicyclic) bond motifs is 1. The van der Waals surface area contributed by atoms with E-state index in [-0.39, 0.29) is 5.41 Å². The summed E-state index contributed by atoms with van der Waals surface area (Å²) in [5, 5.41) is 3.32. The molecule has 0 radical (unpaired) electrons. The fourth-order valence-corrected chi connectivity index (χ4v) is 2.24. The molecule has 0 aliphatic carbocycles. The van der Waals surface area contributed by atoms with E-state index in [0.717, 1.165) is 43.1 Å². The van der Waals surface area contributed by atoms with Crippen LogP contribution >= 0.6 is 15.9 Å². The number of rotatable bonds is 4. The van der Waals surface area contributed by atoms with E-state index in [1.165, 1.54) is 5.56 Å².